The summed E-state index contributed by atoms with van der Waals surface area (Å²) in [5.74, 6) is 1.28. The molecule has 0 saturated carbocycles. The fraction of sp³-hybridized carbons (Fsp3) is 0. The number of rotatable bonds is 1. The zero-order valence-electron chi connectivity index (χ0n) is 7.88. The van der Waals surface area contributed by atoms with Gasteiger partial charge in [-0.3, -0.25) is 9.67 Å². The highest BCUT2D eigenvalue weighted by Crippen LogP contribution is 2.20. The SMILES string of the molecule is Nc1nc2ccccc2n1-c1ccn[nH]1. The van der Waals surface area contributed by atoms with Crippen LogP contribution in [0.3, 0.4) is 0 Å². The van der Waals surface area contributed by atoms with E-state index in [4.69, 9.17) is 5.73 Å². The summed E-state index contributed by atoms with van der Waals surface area (Å²) in [4.78, 5) is 4.26. The van der Waals surface area contributed by atoms with Gasteiger partial charge in [-0.15, -0.1) is 0 Å². The Kier molecular flexibility index (Phi) is 1.53. The normalized spacial score (nSPS) is 10.9. The van der Waals surface area contributed by atoms with Gasteiger partial charge in [-0.1, -0.05) is 12.1 Å². The molecule has 0 spiro atoms. The van der Waals surface area contributed by atoms with E-state index in [1.165, 1.54) is 0 Å². The Morgan fingerprint density at radius 1 is 1.20 bits per heavy atom. The van der Waals surface area contributed by atoms with Gasteiger partial charge in [-0.2, -0.15) is 5.10 Å². The minimum absolute atomic E-state index is 0.459. The second-order valence-corrected chi connectivity index (χ2v) is 3.24. The van der Waals surface area contributed by atoms with Crippen LogP contribution in [0.25, 0.3) is 16.9 Å². The van der Waals surface area contributed by atoms with E-state index in [0.29, 0.717) is 5.95 Å². The first-order valence-electron chi connectivity index (χ1n) is 4.59. The van der Waals surface area contributed by atoms with E-state index in [2.05, 4.69) is 15.2 Å². The summed E-state index contributed by atoms with van der Waals surface area (Å²) in [6.07, 6.45) is 1.68. The topological polar surface area (TPSA) is 72.5 Å². The molecule has 1 aromatic carbocycles. The second kappa shape index (κ2) is 2.84. The van der Waals surface area contributed by atoms with Gasteiger partial charge >= 0.3 is 0 Å². The summed E-state index contributed by atoms with van der Waals surface area (Å²) in [5.41, 5.74) is 7.70. The number of fused-ring (bicyclic) bond motifs is 1. The molecule has 0 amide bonds. The van der Waals surface area contributed by atoms with Crippen molar-refractivity contribution < 1.29 is 0 Å². The summed E-state index contributed by atoms with van der Waals surface area (Å²) in [7, 11) is 0. The molecular weight excluding hydrogens is 190 g/mol. The minimum atomic E-state index is 0.459. The predicted molar refractivity (Wildman–Crippen MR) is 57.6 cm³/mol. The molecule has 0 atom stereocenters. The van der Waals surface area contributed by atoms with Gasteiger partial charge < -0.3 is 5.73 Å². The van der Waals surface area contributed by atoms with Crippen molar-refractivity contribution in [1.29, 1.82) is 0 Å². The molecule has 15 heavy (non-hydrogen) atoms. The quantitative estimate of drug-likeness (QED) is 0.621. The smallest absolute Gasteiger partial charge is 0.207 e. The van der Waals surface area contributed by atoms with Gasteiger partial charge in [0.25, 0.3) is 0 Å². The third kappa shape index (κ3) is 1.10. The third-order valence-electron chi connectivity index (χ3n) is 2.31. The van der Waals surface area contributed by atoms with Crippen LogP contribution in [0, 0.1) is 0 Å². The van der Waals surface area contributed by atoms with Gasteiger partial charge in [-0.25, -0.2) is 4.98 Å². The number of hydrogen-bond donors (Lipinski definition) is 2. The highest BCUT2D eigenvalue weighted by molar-refractivity contribution is 5.80. The average molecular weight is 199 g/mol. The van der Waals surface area contributed by atoms with Crippen LogP contribution in [0.1, 0.15) is 0 Å². The first kappa shape index (κ1) is 8.05. The maximum absolute atomic E-state index is 5.85. The van der Waals surface area contributed by atoms with Gasteiger partial charge in [0.2, 0.25) is 5.95 Å². The Labute approximate surface area is 85.5 Å². The molecule has 74 valence electrons. The fourth-order valence-corrected chi connectivity index (χ4v) is 1.67. The molecule has 3 aromatic rings. The summed E-state index contributed by atoms with van der Waals surface area (Å²) in [6.45, 7) is 0. The van der Waals surface area contributed by atoms with Crippen molar-refractivity contribution in [2.24, 2.45) is 0 Å². The molecule has 0 radical (unpaired) electrons. The lowest BCUT2D eigenvalue weighted by Crippen LogP contribution is -2.00. The van der Waals surface area contributed by atoms with Crippen LogP contribution >= 0.6 is 0 Å². The Bertz CT molecular complexity index is 593. The number of H-pyrrole nitrogens is 1. The van der Waals surface area contributed by atoms with Crippen LogP contribution < -0.4 is 5.73 Å². The number of imidazole rings is 1. The van der Waals surface area contributed by atoms with E-state index in [0.717, 1.165) is 16.9 Å². The first-order valence-corrected chi connectivity index (χ1v) is 4.59. The molecule has 0 aliphatic rings. The van der Waals surface area contributed by atoms with Crippen LogP contribution in [0.4, 0.5) is 5.95 Å². The molecule has 2 aromatic heterocycles. The molecule has 3 N–H and O–H groups in total. The van der Waals surface area contributed by atoms with Crippen molar-refractivity contribution in [3.63, 3.8) is 0 Å². The number of aromatic amines is 1. The van der Waals surface area contributed by atoms with E-state index in [-0.39, 0.29) is 0 Å². The molecule has 0 bridgehead atoms. The molecular formula is C10H9N5. The molecule has 5 nitrogen and oxygen atoms in total. The molecule has 0 aliphatic heterocycles. The first-order chi connectivity index (χ1) is 7.36. The van der Waals surface area contributed by atoms with Gasteiger partial charge in [0.05, 0.1) is 17.2 Å². The monoisotopic (exact) mass is 199 g/mol. The number of hydrogen-bond acceptors (Lipinski definition) is 3. The Balaban J connectivity index is 2.39. The van der Waals surface area contributed by atoms with Crippen LogP contribution in [0.2, 0.25) is 0 Å². The predicted octanol–water partition coefficient (Wildman–Crippen LogP) is 1.33. The Morgan fingerprint density at radius 3 is 2.87 bits per heavy atom. The van der Waals surface area contributed by atoms with E-state index in [1.54, 1.807) is 6.20 Å². The highest BCUT2D eigenvalue weighted by atomic mass is 15.3. The summed E-state index contributed by atoms with van der Waals surface area (Å²) >= 11 is 0. The zero-order chi connectivity index (χ0) is 10.3. The van der Waals surface area contributed by atoms with Gasteiger partial charge in [0.1, 0.15) is 5.82 Å². The van der Waals surface area contributed by atoms with Crippen molar-refractivity contribution in [3.8, 4) is 5.82 Å². The van der Waals surface area contributed by atoms with E-state index < -0.39 is 0 Å². The minimum Gasteiger partial charge on any atom is -0.369 e. The van der Waals surface area contributed by atoms with Crippen LogP contribution in [0.15, 0.2) is 36.5 Å². The van der Waals surface area contributed by atoms with Crippen molar-refractivity contribution in [1.82, 2.24) is 19.7 Å². The van der Waals surface area contributed by atoms with Crippen LogP contribution in [-0.2, 0) is 0 Å². The lowest BCUT2D eigenvalue weighted by Gasteiger charge is -2.01. The number of nitrogen functional groups attached to an aromatic ring is 1. The summed E-state index contributed by atoms with van der Waals surface area (Å²) < 4.78 is 1.84. The molecule has 3 rings (SSSR count). The summed E-state index contributed by atoms with van der Waals surface area (Å²) in [6, 6.07) is 9.64. The number of aromatic nitrogens is 4. The molecule has 0 saturated heterocycles. The molecule has 2 heterocycles. The number of nitrogens with zero attached hydrogens (tertiary/aromatic N) is 3. The lowest BCUT2D eigenvalue weighted by atomic mass is 10.3. The van der Waals surface area contributed by atoms with Gasteiger partial charge in [0.15, 0.2) is 0 Å². The number of para-hydroxylation sites is 2. The molecule has 0 fully saturated rings. The average Bonchev–Trinajstić information content (AvgIpc) is 2.82. The van der Waals surface area contributed by atoms with Crippen molar-refractivity contribution in [2.75, 3.05) is 5.73 Å². The van der Waals surface area contributed by atoms with E-state index >= 15 is 0 Å². The maximum Gasteiger partial charge on any atom is 0.207 e. The highest BCUT2D eigenvalue weighted by Gasteiger charge is 2.09. The third-order valence-corrected chi connectivity index (χ3v) is 2.31. The molecule has 0 unspecified atom stereocenters. The largest absolute Gasteiger partial charge is 0.369 e. The van der Waals surface area contributed by atoms with E-state index in [9.17, 15) is 0 Å². The maximum atomic E-state index is 5.85. The zero-order valence-corrected chi connectivity index (χ0v) is 7.88. The standard InChI is InChI=1S/C10H9N5/c11-10-13-7-3-1-2-4-8(7)15(10)9-5-6-12-14-9/h1-6H,(H2,11,13)(H,12,14). The van der Waals surface area contributed by atoms with Gasteiger partial charge in [-0.05, 0) is 12.1 Å². The molecule has 5 heteroatoms. The van der Waals surface area contributed by atoms with Crippen molar-refractivity contribution in [3.05, 3.63) is 36.5 Å². The Hall–Kier alpha value is -2.30. The fourth-order valence-electron chi connectivity index (χ4n) is 1.67. The Morgan fingerprint density at radius 2 is 2.07 bits per heavy atom. The second-order valence-electron chi connectivity index (χ2n) is 3.24. The van der Waals surface area contributed by atoms with Crippen molar-refractivity contribution >= 4 is 17.0 Å². The van der Waals surface area contributed by atoms with E-state index in [1.807, 2.05) is 34.9 Å². The van der Waals surface area contributed by atoms with Crippen LogP contribution in [0.5, 0.6) is 0 Å². The molecule has 0 aliphatic carbocycles. The lowest BCUT2D eigenvalue weighted by molar-refractivity contribution is 0.985. The van der Waals surface area contributed by atoms with Gasteiger partial charge in [0, 0.05) is 6.07 Å². The number of benzene rings is 1. The number of anilines is 1. The number of nitrogens with two attached hydrogens (primary N) is 1. The van der Waals surface area contributed by atoms with Crippen LogP contribution in [-0.4, -0.2) is 19.7 Å². The summed E-state index contributed by atoms with van der Waals surface area (Å²) in [5, 5.41) is 6.76. The number of nitrogens with one attached hydrogen (secondary N) is 1. The van der Waals surface area contributed by atoms with Crippen molar-refractivity contribution in [2.45, 2.75) is 0 Å².